The highest BCUT2D eigenvalue weighted by atomic mass is 16.2. The minimum absolute atomic E-state index is 0.236. The van der Waals surface area contributed by atoms with Gasteiger partial charge < -0.3 is 14.7 Å². The van der Waals surface area contributed by atoms with Crippen molar-refractivity contribution in [2.75, 3.05) is 44.7 Å². The average Bonchev–Trinajstić information content (AvgIpc) is 3.53. The van der Waals surface area contributed by atoms with Crippen molar-refractivity contribution >= 4 is 11.7 Å². The summed E-state index contributed by atoms with van der Waals surface area (Å²) in [6.07, 6.45) is 2.09. The van der Waals surface area contributed by atoms with Crippen molar-refractivity contribution in [3.63, 3.8) is 0 Å². The maximum atomic E-state index is 13.0. The summed E-state index contributed by atoms with van der Waals surface area (Å²) in [6.45, 7) is 11.9. The molecule has 1 aromatic heterocycles. The van der Waals surface area contributed by atoms with Crippen molar-refractivity contribution < 1.29 is 4.79 Å². The maximum absolute atomic E-state index is 13.0. The van der Waals surface area contributed by atoms with E-state index in [4.69, 9.17) is 5.10 Å². The molecule has 2 aromatic rings. The van der Waals surface area contributed by atoms with Gasteiger partial charge in [0.15, 0.2) is 0 Å². The van der Waals surface area contributed by atoms with Gasteiger partial charge in [0.25, 0.3) is 0 Å². The first-order valence-electron chi connectivity index (χ1n) is 11.3. The summed E-state index contributed by atoms with van der Waals surface area (Å²) >= 11 is 0. The van der Waals surface area contributed by atoms with E-state index in [1.165, 1.54) is 5.56 Å². The molecule has 1 aliphatic carbocycles. The van der Waals surface area contributed by atoms with Crippen molar-refractivity contribution in [1.82, 2.24) is 19.6 Å². The first kappa shape index (κ1) is 20.9. The SMILES string of the molecule is Cc1nn(-c2ccccc2)c(N2CCN(C)CC2)c1CN(CC(C)C)C(=O)C1CC1. The van der Waals surface area contributed by atoms with Crippen LogP contribution in [0.2, 0.25) is 0 Å². The van der Waals surface area contributed by atoms with E-state index in [0.717, 1.165) is 62.8 Å². The Morgan fingerprint density at radius 2 is 1.80 bits per heavy atom. The van der Waals surface area contributed by atoms with E-state index in [0.29, 0.717) is 18.4 Å². The molecular formula is C24H35N5O. The molecule has 0 spiro atoms. The number of carbonyl (C=O) groups is 1. The van der Waals surface area contributed by atoms with Gasteiger partial charge in [-0.2, -0.15) is 5.10 Å². The van der Waals surface area contributed by atoms with Crippen LogP contribution >= 0.6 is 0 Å². The quantitative estimate of drug-likeness (QED) is 0.704. The van der Waals surface area contributed by atoms with Crippen LogP contribution in [0.4, 0.5) is 5.82 Å². The number of aromatic nitrogens is 2. The van der Waals surface area contributed by atoms with E-state index in [-0.39, 0.29) is 5.92 Å². The molecule has 6 nitrogen and oxygen atoms in total. The lowest BCUT2D eigenvalue weighted by atomic mass is 10.1. The van der Waals surface area contributed by atoms with Crippen LogP contribution in [0.1, 0.15) is 37.9 Å². The molecule has 2 heterocycles. The van der Waals surface area contributed by atoms with Gasteiger partial charge in [0.1, 0.15) is 5.82 Å². The number of piperazine rings is 1. The normalized spacial score (nSPS) is 17.6. The second-order valence-corrected chi connectivity index (χ2v) is 9.31. The molecule has 4 rings (SSSR count). The van der Waals surface area contributed by atoms with Crippen molar-refractivity contribution in [3.8, 4) is 5.69 Å². The molecule has 1 aromatic carbocycles. The van der Waals surface area contributed by atoms with Crippen LogP contribution in [-0.4, -0.2) is 65.3 Å². The maximum Gasteiger partial charge on any atom is 0.225 e. The summed E-state index contributed by atoms with van der Waals surface area (Å²) in [5.41, 5.74) is 3.29. The van der Waals surface area contributed by atoms with Gasteiger partial charge in [-0.3, -0.25) is 4.79 Å². The third kappa shape index (κ3) is 4.53. The summed E-state index contributed by atoms with van der Waals surface area (Å²) in [6, 6.07) is 10.4. The smallest absolute Gasteiger partial charge is 0.225 e. The predicted octanol–water partition coefficient (Wildman–Crippen LogP) is 3.33. The molecule has 0 atom stereocenters. The zero-order valence-electron chi connectivity index (χ0n) is 18.8. The van der Waals surface area contributed by atoms with Crippen molar-refractivity contribution in [2.24, 2.45) is 11.8 Å². The Labute approximate surface area is 180 Å². The Hall–Kier alpha value is -2.34. The number of aryl methyl sites for hydroxylation is 1. The number of para-hydroxylation sites is 1. The highest BCUT2D eigenvalue weighted by Crippen LogP contribution is 2.34. The van der Waals surface area contributed by atoms with Crippen LogP contribution in [0.3, 0.4) is 0 Å². The van der Waals surface area contributed by atoms with Crippen LogP contribution in [0.15, 0.2) is 30.3 Å². The first-order chi connectivity index (χ1) is 14.4. The predicted molar refractivity (Wildman–Crippen MR) is 121 cm³/mol. The molecule has 1 saturated heterocycles. The van der Waals surface area contributed by atoms with Gasteiger partial charge in [-0.15, -0.1) is 0 Å². The van der Waals surface area contributed by atoms with E-state index in [2.05, 4.69) is 71.5 Å². The van der Waals surface area contributed by atoms with Crippen LogP contribution < -0.4 is 4.90 Å². The fraction of sp³-hybridized carbons (Fsp3) is 0.583. The molecule has 6 heteroatoms. The number of hydrogen-bond acceptors (Lipinski definition) is 4. The van der Waals surface area contributed by atoms with E-state index in [9.17, 15) is 4.79 Å². The van der Waals surface area contributed by atoms with Crippen LogP contribution in [0.25, 0.3) is 5.69 Å². The van der Waals surface area contributed by atoms with E-state index >= 15 is 0 Å². The molecule has 0 unspecified atom stereocenters. The van der Waals surface area contributed by atoms with Crippen LogP contribution in [0.5, 0.6) is 0 Å². The van der Waals surface area contributed by atoms with E-state index < -0.39 is 0 Å². The lowest BCUT2D eigenvalue weighted by Crippen LogP contribution is -2.45. The summed E-state index contributed by atoms with van der Waals surface area (Å²) in [5.74, 6) is 2.16. The number of carbonyl (C=O) groups excluding carboxylic acids is 1. The number of rotatable bonds is 7. The minimum Gasteiger partial charge on any atom is -0.354 e. The molecule has 0 radical (unpaired) electrons. The molecule has 1 saturated carbocycles. The average molecular weight is 410 g/mol. The van der Waals surface area contributed by atoms with Crippen LogP contribution in [0, 0.1) is 18.8 Å². The lowest BCUT2D eigenvalue weighted by Gasteiger charge is -2.35. The highest BCUT2D eigenvalue weighted by Gasteiger charge is 2.35. The minimum atomic E-state index is 0.236. The van der Waals surface area contributed by atoms with Crippen LogP contribution in [-0.2, 0) is 11.3 Å². The topological polar surface area (TPSA) is 44.6 Å². The monoisotopic (exact) mass is 409 g/mol. The zero-order chi connectivity index (χ0) is 21.3. The molecule has 0 bridgehead atoms. The summed E-state index contributed by atoms with van der Waals surface area (Å²) < 4.78 is 2.09. The summed E-state index contributed by atoms with van der Waals surface area (Å²) in [5, 5.41) is 4.95. The van der Waals surface area contributed by atoms with Gasteiger partial charge in [-0.25, -0.2) is 4.68 Å². The zero-order valence-corrected chi connectivity index (χ0v) is 18.8. The Morgan fingerprint density at radius 1 is 1.13 bits per heavy atom. The van der Waals surface area contributed by atoms with Crippen molar-refractivity contribution in [1.29, 1.82) is 0 Å². The molecule has 1 amide bonds. The molecule has 1 aliphatic heterocycles. The number of benzene rings is 1. The number of likely N-dealkylation sites (N-methyl/N-ethyl adjacent to an activating group) is 1. The van der Waals surface area contributed by atoms with Gasteiger partial charge >= 0.3 is 0 Å². The van der Waals surface area contributed by atoms with Gasteiger partial charge in [-0.1, -0.05) is 32.0 Å². The molecule has 30 heavy (non-hydrogen) atoms. The standard InChI is InChI=1S/C24H35N5O/c1-18(2)16-28(24(30)20-10-11-20)17-22-19(3)25-29(21-8-6-5-7-9-21)23(22)27-14-12-26(4)13-15-27/h5-9,18,20H,10-17H2,1-4H3. The van der Waals surface area contributed by atoms with Gasteiger partial charge in [0.2, 0.25) is 5.91 Å². The Morgan fingerprint density at radius 3 is 2.40 bits per heavy atom. The fourth-order valence-corrected chi connectivity index (χ4v) is 4.28. The number of anilines is 1. The number of hydrogen-bond donors (Lipinski definition) is 0. The Balaban J connectivity index is 1.72. The van der Waals surface area contributed by atoms with Gasteiger partial charge in [-0.05, 0) is 44.9 Å². The summed E-state index contributed by atoms with van der Waals surface area (Å²) in [4.78, 5) is 20.0. The third-order valence-electron chi connectivity index (χ3n) is 6.13. The lowest BCUT2D eigenvalue weighted by molar-refractivity contribution is -0.133. The number of nitrogens with zero attached hydrogens (tertiary/aromatic N) is 5. The Kier molecular flexibility index (Phi) is 6.14. The second kappa shape index (κ2) is 8.80. The van der Waals surface area contributed by atoms with E-state index in [1.807, 2.05) is 6.07 Å². The number of amides is 1. The van der Waals surface area contributed by atoms with E-state index in [1.54, 1.807) is 0 Å². The molecule has 2 fully saturated rings. The molecule has 0 N–H and O–H groups in total. The fourth-order valence-electron chi connectivity index (χ4n) is 4.28. The molecular weight excluding hydrogens is 374 g/mol. The third-order valence-corrected chi connectivity index (χ3v) is 6.13. The highest BCUT2D eigenvalue weighted by molar-refractivity contribution is 5.81. The van der Waals surface area contributed by atoms with Crippen molar-refractivity contribution in [3.05, 3.63) is 41.6 Å². The molecule has 2 aliphatic rings. The molecule has 162 valence electrons. The Bertz CT molecular complexity index is 863. The first-order valence-corrected chi connectivity index (χ1v) is 11.3. The second-order valence-electron chi connectivity index (χ2n) is 9.31. The summed E-state index contributed by atoms with van der Waals surface area (Å²) in [7, 11) is 2.18. The van der Waals surface area contributed by atoms with Crippen molar-refractivity contribution in [2.45, 2.75) is 40.2 Å². The largest absolute Gasteiger partial charge is 0.354 e. The van der Waals surface area contributed by atoms with Gasteiger partial charge in [0.05, 0.1) is 17.9 Å². The van der Waals surface area contributed by atoms with Gasteiger partial charge in [0, 0.05) is 44.2 Å².